The Morgan fingerprint density at radius 2 is 0.676 bits per heavy atom. The van der Waals surface area contributed by atoms with Crippen LogP contribution in [0.25, 0.3) is 0 Å². The highest BCUT2D eigenvalue weighted by molar-refractivity contribution is 4.68. The number of unbranched alkanes of at least 4 members (excludes halogenated alkanes) is 15. The summed E-state index contributed by atoms with van der Waals surface area (Å²) in [6.45, 7) is 8.95. The summed E-state index contributed by atoms with van der Waals surface area (Å²) in [6.07, 6.45) is 27.4. The van der Waals surface area contributed by atoms with Gasteiger partial charge in [0.15, 0.2) is 0 Å². The van der Waals surface area contributed by atoms with Gasteiger partial charge in [0.1, 0.15) is 0 Å². The van der Waals surface area contributed by atoms with Crippen LogP contribution in [0, 0.1) is 11.8 Å². The lowest BCUT2D eigenvalue weighted by molar-refractivity contribution is 0.0536. The first kappa shape index (κ1) is 39.0. The SMILES string of the molecule is CCCCCCCCCCC(O)C(CO)CCC.CCCCCCCCCCCC(CO)C(O)CCC. The van der Waals surface area contributed by atoms with Gasteiger partial charge in [-0.05, 0) is 25.7 Å². The summed E-state index contributed by atoms with van der Waals surface area (Å²) in [7, 11) is 0. The maximum atomic E-state index is 9.95. The highest BCUT2D eigenvalue weighted by Crippen LogP contribution is 2.19. The van der Waals surface area contributed by atoms with Gasteiger partial charge in [0.05, 0.1) is 12.2 Å². The third-order valence-electron chi connectivity index (χ3n) is 7.83. The van der Waals surface area contributed by atoms with Crippen molar-refractivity contribution in [1.82, 2.24) is 0 Å². The molecule has 0 aliphatic carbocycles. The first-order chi connectivity index (χ1) is 18.0. The third kappa shape index (κ3) is 27.2. The summed E-state index contributed by atoms with van der Waals surface area (Å²) in [5.41, 5.74) is 0. The standard InChI is InChI=1S/C17H36O2.C16H34O2/c1-3-5-6-7-8-9-10-11-12-14-16(15-18)17(19)13-4-2;1-3-5-6-7-8-9-10-11-13-16(18)15(14-17)12-4-2/h16-19H,3-15H2,1-2H3;15-18H,3-14H2,1-2H3. The van der Waals surface area contributed by atoms with Gasteiger partial charge in [0, 0.05) is 25.0 Å². The van der Waals surface area contributed by atoms with Crippen molar-refractivity contribution in [2.24, 2.45) is 11.8 Å². The van der Waals surface area contributed by atoms with Gasteiger partial charge in [-0.25, -0.2) is 0 Å². The molecule has 0 spiro atoms. The van der Waals surface area contributed by atoms with E-state index in [1.807, 2.05) is 0 Å². The van der Waals surface area contributed by atoms with E-state index in [0.717, 1.165) is 51.4 Å². The molecule has 4 nitrogen and oxygen atoms in total. The molecular formula is C33H70O4. The number of aliphatic hydroxyl groups is 4. The molecule has 4 atom stereocenters. The van der Waals surface area contributed by atoms with Crippen molar-refractivity contribution in [2.75, 3.05) is 13.2 Å². The van der Waals surface area contributed by atoms with E-state index in [0.29, 0.717) is 0 Å². The molecule has 4 heteroatoms. The molecule has 4 unspecified atom stereocenters. The molecule has 0 amide bonds. The van der Waals surface area contributed by atoms with Crippen molar-refractivity contribution in [3.63, 3.8) is 0 Å². The van der Waals surface area contributed by atoms with Crippen molar-refractivity contribution in [1.29, 1.82) is 0 Å². The van der Waals surface area contributed by atoms with Crippen LogP contribution in [0.1, 0.15) is 175 Å². The number of rotatable bonds is 27. The van der Waals surface area contributed by atoms with E-state index in [-0.39, 0.29) is 37.3 Å². The van der Waals surface area contributed by atoms with Crippen molar-refractivity contribution < 1.29 is 20.4 Å². The van der Waals surface area contributed by atoms with Crippen molar-refractivity contribution in [3.05, 3.63) is 0 Å². The Labute approximate surface area is 233 Å². The third-order valence-corrected chi connectivity index (χ3v) is 7.83. The molecule has 37 heavy (non-hydrogen) atoms. The maximum Gasteiger partial charge on any atom is 0.0590 e. The molecular weight excluding hydrogens is 460 g/mol. The number of aliphatic hydroxyl groups excluding tert-OH is 4. The lowest BCUT2D eigenvalue weighted by Crippen LogP contribution is -2.23. The zero-order valence-corrected chi connectivity index (χ0v) is 25.8. The molecule has 0 saturated heterocycles. The van der Waals surface area contributed by atoms with E-state index < -0.39 is 0 Å². The van der Waals surface area contributed by atoms with Gasteiger partial charge in [0.2, 0.25) is 0 Å². The zero-order chi connectivity index (χ0) is 28.0. The lowest BCUT2D eigenvalue weighted by Gasteiger charge is -2.20. The summed E-state index contributed by atoms with van der Waals surface area (Å²) < 4.78 is 0. The van der Waals surface area contributed by atoms with Gasteiger partial charge < -0.3 is 20.4 Å². The van der Waals surface area contributed by atoms with Gasteiger partial charge in [0.25, 0.3) is 0 Å². The van der Waals surface area contributed by atoms with Crippen LogP contribution < -0.4 is 0 Å². The predicted molar refractivity (Wildman–Crippen MR) is 162 cm³/mol. The molecule has 0 aliphatic heterocycles. The molecule has 226 valence electrons. The molecule has 0 heterocycles. The maximum absolute atomic E-state index is 9.95. The quantitative estimate of drug-likeness (QED) is 0.0799. The second kappa shape index (κ2) is 32.1. The minimum absolute atomic E-state index is 0.0968. The summed E-state index contributed by atoms with van der Waals surface area (Å²) in [5.74, 6) is 0.198. The predicted octanol–water partition coefficient (Wildman–Crippen LogP) is 8.96. The molecule has 0 radical (unpaired) electrons. The highest BCUT2D eigenvalue weighted by atomic mass is 16.3. The minimum Gasteiger partial charge on any atom is -0.396 e. The van der Waals surface area contributed by atoms with Crippen molar-refractivity contribution in [2.45, 2.75) is 188 Å². The molecule has 4 N–H and O–H groups in total. The Morgan fingerprint density at radius 3 is 1.05 bits per heavy atom. The molecule has 0 fully saturated rings. The average molecular weight is 531 g/mol. The zero-order valence-electron chi connectivity index (χ0n) is 25.8. The Kier molecular flexibility index (Phi) is 33.8. The Balaban J connectivity index is 0. The Hall–Kier alpha value is -0.160. The van der Waals surface area contributed by atoms with Crippen LogP contribution in [0.2, 0.25) is 0 Å². The smallest absolute Gasteiger partial charge is 0.0590 e. The molecule has 0 saturated carbocycles. The largest absolute Gasteiger partial charge is 0.396 e. The fourth-order valence-corrected chi connectivity index (χ4v) is 5.15. The summed E-state index contributed by atoms with van der Waals surface area (Å²) >= 11 is 0. The molecule has 0 aliphatic rings. The first-order valence-electron chi connectivity index (χ1n) is 16.6. The van der Waals surface area contributed by atoms with Crippen LogP contribution in [-0.4, -0.2) is 45.8 Å². The van der Waals surface area contributed by atoms with Gasteiger partial charge in [-0.15, -0.1) is 0 Å². The highest BCUT2D eigenvalue weighted by Gasteiger charge is 2.17. The Bertz CT molecular complexity index is 404. The van der Waals surface area contributed by atoms with Crippen molar-refractivity contribution in [3.8, 4) is 0 Å². The Morgan fingerprint density at radius 1 is 0.351 bits per heavy atom. The van der Waals surface area contributed by atoms with E-state index in [4.69, 9.17) is 0 Å². The summed E-state index contributed by atoms with van der Waals surface area (Å²) in [4.78, 5) is 0. The first-order valence-corrected chi connectivity index (χ1v) is 16.6. The van der Waals surface area contributed by atoms with Crippen LogP contribution >= 0.6 is 0 Å². The van der Waals surface area contributed by atoms with E-state index in [9.17, 15) is 20.4 Å². The van der Waals surface area contributed by atoms with Crippen LogP contribution in [0.5, 0.6) is 0 Å². The normalized spacial score (nSPS) is 14.6. The van der Waals surface area contributed by atoms with E-state index in [1.165, 1.54) is 96.3 Å². The molecule has 0 rings (SSSR count). The fraction of sp³-hybridized carbons (Fsp3) is 1.00. The molecule has 0 aromatic heterocycles. The molecule has 0 aromatic carbocycles. The van der Waals surface area contributed by atoms with Gasteiger partial charge in [-0.3, -0.25) is 0 Å². The second-order valence-electron chi connectivity index (χ2n) is 11.5. The number of hydrogen-bond acceptors (Lipinski definition) is 4. The topological polar surface area (TPSA) is 80.9 Å². The van der Waals surface area contributed by atoms with Crippen LogP contribution in [0.15, 0.2) is 0 Å². The van der Waals surface area contributed by atoms with Crippen LogP contribution in [-0.2, 0) is 0 Å². The van der Waals surface area contributed by atoms with E-state index in [2.05, 4.69) is 27.7 Å². The summed E-state index contributed by atoms with van der Waals surface area (Å²) in [6, 6.07) is 0. The molecule has 0 aromatic rings. The minimum atomic E-state index is -0.302. The molecule has 0 bridgehead atoms. The van der Waals surface area contributed by atoms with E-state index in [1.54, 1.807) is 0 Å². The van der Waals surface area contributed by atoms with Gasteiger partial charge in [-0.2, -0.15) is 0 Å². The second-order valence-corrected chi connectivity index (χ2v) is 11.5. The van der Waals surface area contributed by atoms with Gasteiger partial charge >= 0.3 is 0 Å². The van der Waals surface area contributed by atoms with Crippen molar-refractivity contribution >= 4 is 0 Å². The summed E-state index contributed by atoms with van der Waals surface area (Å²) in [5, 5.41) is 38.3. The van der Waals surface area contributed by atoms with E-state index >= 15 is 0 Å². The monoisotopic (exact) mass is 531 g/mol. The number of hydrogen-bond donors (Lipinski definition) is 4. The fourth-order valence-electron chi connectivity index (χ4n) is 5.15. The van der Waals surface area contributed by atoms with Crippen LogP contribution in [0.4, 0.5) is 0 Å². The van der Waals surface area contributed by atoms with Gasteiger partial charge in [-0.1, -0.05) is 150 Å². The average Bonchev–Trinajstić information content (AvgIpc) is 2.90. The van der Waals surface area contributed by atoms with Crippen LogP contribution in [0.3, 0.4) is 0 Å². The lowest BCUT2D eigenvalue weighted by atomic mass is 9.93.